The molecule has 4 aromatic rings. The van der Waals surface area contributed by atoms with Crippen molar-refractivity contribution < 1.29 is 14.3 Å². The van der Waals surface area contributed by atoms with Crippen molar-refractivity contribution >= 4 is 45.0 Å². The van der Waals surface area contributed by atoms with Crippen LogP contribution in [-0.2, 0) is 22.6 Å². The predicted octanol–water partition coefficient (Wildman–Crippen LogP) is 2.70. The van der Waals surface area contributed by atoms with Gasteiger partial charge in [-0.2, -0.15) is 0 Å². The second kappa shape index (κ2) is 9.54. The van der Waals surface area contributed by atoms with Crippen LogP contribution in [0.15, 0.2) is 45.7 Å². The molecule has 33 heavy (non-hydrogen) atoms. The Balaban J connectivity index is 1.34. The lowest BCUT2D eigenvalue weighted by Crippen LogP contribution is -2.28. The molecule has 11 heteroatoms. The Bertz CT molecular complexity index is 1360. The van der Waals surface area contributed by atoms with E-state index in [0.717, 1.165) is 36.3 Å². The monoisotopic (exact) mass is 485 g/mol. The van der Waals surface area contributed by atoms with Crippen molar-refractivity contribution in [2.24, 2.45) is 0 Å². The summed E-state index contributed by atoms with van der Waals surface area (Å²) in [5, 5.41) is 14.0. The molecule has 0 spiro atoms. The summed E-state index contributed by atoms with van der Waals surface area (Å²) in [6.07, 6.45) is 1.92. The van der Waals surface area contributed by atoms with Crippen LogP contribution in [0, 0.1) is 0 Å². The normalized spacial score (nSPS) is 16.0. The molecule has 1 saturated heterocycles. The third-order valence-electron chi connectivity index (χ3n) is 5.55. The average molecular weight is 486 g/mol. The van der Waals surface area contributed by atoms with Gasteiger partial charge >= 0.3 is 0 Å². The van der Waals surface area contributed by atoms with E-state index >= 15 is 0 Å². The molecule has 9 nitrogen and oxygen atoms in total. The number of nitrogens with one attached hydrogen (secondary N) is 1. The molecule has 1 unspecified atom stereocenters. The quantitative estimate of drug-likeness (QED) is 0.383. The number of ether oxygens (including phenoxy) is 2. The highest BCUT2D eigenvalue weighted by Gasteiger charge is 2.22. The highest BCUT2D eigenvalue weighted by atomic mass is 32.2. The summed E-state index contributed by atoms with van der Waals surface area (Å²) in [5.41, 5.74) is 1.63. The van der Waals surface area contributed by atoms with Gasteiger partial charge in [-0.3, -0.25) is 18.6 Å². The lowest BCUT2D eigenvalue weighted by molar-refractivity contribution is -0.118. The summed E-state index contributed by atoms with van der Waals surface area (Å²) < 4.78 is 15.1. The van der Waals surface area contributed by atoms with Gasteiger partial charge in [-0.25, -0.2) is 0 Å². The Hall–Kier alpha value is -2.89. The molecule has 1 atom stereocenters. The standard InChI is InChI=1S/C22H23N5O4S2/c1-30-15-5-2-4-14(10-15)11-23-18(28)13-33-22-25-24-21-26(12-16-6-3-8-31-16)20(29)19-17(27(21)22)7-9-32-19/h2,4-5,7,9-10,16H,3,6,8,11-13H2,1H3,(H,23,28). The molecule has 1 aliphatic heterocycles. The fourth-order valence-electron chi connectivity index (χ4n) is 3.91. The number of thiophene rings is 1. The second-order valence-corrected chi connectivity index (χ2v) is 9.58. The van der Waals surface area contributed by atoms with Gasteiger partial charge in [-0.05, 0) is 42.0 Å². The van der Waals surface area contributed by atoms with Gasteiger partial charge in [0.1, 0.15) is 10.4 Å². The molecule has 0 bridgehead atoms. The van der Waals surface area contributed by atoms with E-state index in [9.17, 15) is 9.59 Å². The number of carbonyl (C=O) groups excluding carboxylic acids is 1. The van der Waals surface area contributed by atoms with Gasteiger partial charge in [-0.1, -0.05) is 23.9 Å². The molecule has 0 saturated carbocycles. The Labute approximate surface area is 197 Å². The van der Waals surface area contributed by atoms with Gasteiger partial charge < -0.3 is 14.8 Å². The van der Waals surface area contributed by atoms with Crippen LogP contribution in [0.2, 0.25) is 0 Å². The van der Waals surface area contributed by atoms with E-state index in [2.05, 4.69) is 15.5 Å². The van der Waals surface area contributed by atoms with Gasteiger partial charge in [0.25, 0.3) is 5.56 Å². The van der Waals surface area contributed by atoms with Crippen molar-refractivity contribution in [1.29, 1.82) is 0 Å². The fraction of sp³-hybridized carbons (Fsp3) is 0.364. The predicted molar refractivity (Wildman–Crippen MR) is 127 cm³/mol. The number of thioether (sulfide) groups is 1. The van der Waals surface area contributed by atoms with E-state index < -0.39 is 0 Å². The highest BCUT2D eigenvalue weighted by molar-refractivity contribution is 7.99. The fourth-order valence-corrected chi connectivity index (χ4v) is 5.51. The molecule has 4 heterocycles. The molecule has 1 aliphatic rings. The van der Waals surface area contributed by atoms with E-state index in [1.54, 1.807) is 11.7 Å². The number of methoxy groups -OCH3 is 1. The van der Waals surface area contributed by atoms with E-state index in [1.807, 2.05) is 40.1 Å². The molecule has 0 radical (unpaired) electrons. The van der Waals surface area contributed by atoms with Crippen molar-refractivity contribution in [2.45, 2.75) is 37.2 Å². The molecule has 3 aromatic heterocycles. The molecule has 5 rings (SSSR count). The minimum Gasteiger partial charge on any atom is -0.497 e. The molecule has 1 amide bonds. The topological polar surface area (TPSA) is 99.8 Å². The Morgan fingerprint density at radius 1 is 1.36 bits per heavy atom. The molecular formula is C22H23N5O4S2. The van der Waals surface area contributed by atoms with Gasteiger partial charge in [0, 0.05) is 13.2 Å². The molecule has 1 fully saturated rings. The summed E-state index contributed by atoms with van der Waals surface area (Å²) in [6.45, 7) is 1.57. The smallest absolute Gasteiger partial charge is 0.272 e. The second-order valence-electron chi connectivity index (χ2n) is 7.72. The third-order valence-corrected chi connectivity index (χ3v) is 7.37. The first-order chi connectivity index (χ1) is 16.1. The average Bonchev–Trinajstić information content (AvgIpc) is 3.59. The summed E-state index contributed by atoms with van der Waals surface area (Å²) in [7, 11) is 1.61. The number of amides is 1. The van der Waals surface area contributed by atoms with E-state index in [0.29, 0.717) is 28.7 Å². The van der Waals surface area contributed by atoms with Crippen LogP contribution in [0.1, 0.15) is 18.4 Å². The van der Waals surface area contributed by atoms with Crippen molar-refractivity contribution in [3.63, 3.8) is 0 Å². The van der Waals surface area contributed by atoms with Crippen LogP contribution in [0.4, 0.5) is 0 Å². The number of fused-ring (bicyclic) bond motifs is 3. The number of nitrogens with zero attached hydrogens (tertiary/aromatic N) is 4. The van der Waals surface area contributed by atoms with Crippen molar-refractivity contribution in [3.8, 4) is 5.75 Å². The molecule has 1 N–H and O–H groups in total. The number of hydrogen-bond acceptors (Lipinski definition) is 8. The minimum atomic E-state index is -0.117. The Morgan fingerprint density at radius 3 is 3.09 bits per heavy atom. The van der Waals surface area contributed by atoms with Crippen LogP contribution in [0.3, 0.4) is 0 Å². The summed E-state index contributed by atoms with van der Waals surface area (Å²) in [4.78, 5) is 25.6. The van der Waals surface area contributed by atoms with Crippen LogP contribution in [-0.4, -0.2) is 50.6 Å². The summed E-state index contributed by atoms with van der Waals surface area (Å²) in [5.74, 6) is 1.29. The maximum absolute atomic E-state index is 13.1. The van der Waals surface area contributed by atoms with Gasteiger partial charge in [0.2, 0.25) is 11.7 Å². The van der Waals surface area contributed by atoms with Crippen LogP contribution in [0.5, 0.6) is 5.75 Å². The van der Waals surface area contributed by atoms with E-state index in [4.69, 9.17) is 9.47 Å². The molecule has 172 valence electrons. The third kappa shape index (κ3) is 4.48. The molecule has 0 aliphatic carbocycles. The van der Waals surface area contributed by atoms with Crippen LogP contribution in [0.25, 0.3) is 16.0 Å². The zero-order valence-corrected chi connectivity index (χ0v) is 19.7. The van der Waals surface area contributed by atoms with Gasteiger partial charge in [0.05, 0.1) is 31.0 Å². The lowest BCUT2D eigenvalue weighted by atomic mass is 10.2. The summed E-state index contributed by atoms with van der Waals surface area (Å²) >= 11 is 2.69. The number of aromatic nitrogens is 4. The van der Waals surface area contributed by atoms with Gasteiger partial charge in [-0.15, -0.1) is 21.5 Å². The number of rotatable bonds is 8. The van der Waals surface area contributed by atoms with Crippen molar-refractivity contribution in [3.05, 3.63) is 51.6 Å². The van der Waals surface area contributed by atoms with E-state index in [1.165, 1.54) is 23.1 Å². The van der Waals surface area contributed by atoms with Gasteiger partial charge in [0.15, 0.2) is 5.16 Å². The first-order valence-corrected chi connectivity index (χ1v) is 12.5. The largest absolute Gasteiger partial charge is 0.497 e. The van der Waals surface area contributed by atoms with Crippen LogP contribution < -0.4 is 15.6 Å². The van der Waals surface area contributed by atoms with Crippen LogP contribution >= 0.6 is 23.1 Å². The number of hydrogen-bond donors (Lipinski definition) is 1. The Morgan fingerprint density at radius 2 is 2.27 bits per heavy atom. The number of carbonyl (C=O) groups is 1. The van der Waals surface area contributed by atoms with Crippen molar-refractivity contribution in [2.75, 3.05) is 19.5 Å². The minimum absolute atomic E-state index is 0.000830. The highest BCUT2D eigenvalue weighted by Crippen LogP contribution is 2.25. The Kier molecular flexibility index (Phi) is 6.34. The molecular weight excluding hydrogens is 462 g/mol. The maximum Gasteiger partial charge on any atom is 0.272 e. The summed E-state index contributed by atoms with van der Waals surface area (Å²) in [6, 6.07) is 9.46. The maximum atomic E-state index is 13.1. The number of benzene rings is 1. The van der Waals surface area contributed by atoms with Crippen molar-refractivity contribution in [1.82, 2.24) is 24.5 Å². The zero-order chi connectivity index (χ0) is 22.8. The lowest BCUT2D eigenvalue weighted by Gasteiger charge is -2.13. The SMILES string of the molecule is COc1cccc(CNC(=O)CSc2nnc3n(CC4CCCO4)c(=O)c4sccc4n23)c1. The molecule has 1 aromatic carbocycles. The first-order valence-electron chi connectivity index (χ1n) is 10.6. The zero-order valence-electron chi connectivity index (χ0n) is 18.0. The first kappa shape index (κ1) is 21.9. The van der Waals surface area contributed by atoms with E-state index in [-0.39, 0.29) is 23.3 Å².